The fourth-order valence-electron chi connectivity index (χ4n) is 4.18. The summed E-state index contributed by atoms with van der Waals surface area (Å²) in [6.45, 7) is 5.43. The second kappa shape index (κ2) is 7.68. The quantitative estimate of drug-likeness (QED) is 0.529. The number of amides is 1. The summed E-state index contributed by atoms with van der Waals surface area (Å²) in [6, 6.07) is 13.9. The molecule has 0 bridgehead atoms. The largest absolute Gasteiger partial charge is 0.349 e. The number of aromatic nitrogens is 4. The summed E-state index contributed by atoms with van der Waals surface area (Å²) in [5, 5.41) is 6.20. The van der Waals surface area contributed by atoms with E-state index in [0.717, 1.165) is 51.6 Å². The zero-order valence-corrected chi connectivity index (χ0v) is 17.4. The number of rotatable bonds is 4. The Morgan fingerprint density at radius 3 is 2.61 bits per heavy atom. The number of hydrogen-bond donors (Lipinski definition) is 2. The lowest BCUT2D eigenvalue weighted by molar-refractivity contribution is 0.0926. The molecule has 0 aliphatic carbocycles. The van der Waals surface area contributed by atoms with Crippen LogP contribution in [0.2, 0.25) is 0 Å². The highest BCUT2D eigenvalue weighted by Crippen LogP contribution is 2.32. The molecule has 0 radical (unpaired) electrons. The average Bonchev–Trinajstić information content (AvgIpc) is 3.06. The summed E-state index contributed by atoms with van der Waals surface area (Å²) >= 11 is 0. The molecule has 0 atom stereocenters. The van der Waals surface area contributed by atoms with Crippen LogP contribution in [-0.2, 0) is 6.54 Å². The number of nitrogens with zero attached hydrogens (tertiary/aromatic N) is 4. The Labute approximate surface area is 180 Å². The van der Waals surface area contributed by atoms with Crippen LogP contribution >= 0.6 is 0 Å². The van der Waals surface area contributed by atoms with Gasteiger partial charge in [0.2, 0.25) is 5.95 Å². The molecule has 1 aliphatic rings. The van der Waals surface area contributed by atoms with Crippen molar-refractivity contribution in [1.82, 2.24) is 24.8 Å². The fraction of sp³-hybridized carbons (Fsp3) is 0.167. The van der Waals surface area contributed by atoms with E-state index < -0.39 is 0 Å². The van der Waals surface area contributed by atoms with Gasteiger partial charge in [-0.15, -0.1) is 0 Å². The molecule has 1 aliphatic heterocycles. The van der Waals surface area contributed by atoms with Crippen LogP contribution in [0.25, 0.3) is 22.4 Å². The van der Waals surface area contributed by atoms with Gasteiger partial charge in [-0.05, 0) is 54.8 Å². The van der Waals surface area contributed by atoms with Crippen LogP contribution in [-0.4, -0.2) is 32.0 Å². The monoisotopic (exact) mass is 410 g/mol. The van der Waals surface area contributed by atoms with Gasteiger partial charge in [0.15, 0.2) is 0 Å². The highest BCUT2D eigenvalue weighted by atomic mass is 16.2. The molecule has 0 saturated heterocycles. The molecule has 5 rings (SSSR count). The molecule has 0 fully saturated rings. The van der Waals surface area contributed by atoms with E-state index in [1.54, 1.807) is 12.4 Å². The Morgan fingerprint density at radius 2 is 1.87 bits per heavy atom. The van der Waals surface area contributed by atoms with E-state index >= 15 is 0 Å². The van der Waals surface area contributed by atoms with E-state index in [0.29, 0.717) is 12.5 Å². The molecule has 0 spiro atoms. The molecule has 1 amide bonds. The molecule has 2 N–H and O–H groups in total. The molecule has 0 saturated carbocycles. The van der Waals surface area contributed by atoms with Gasteiger partial charge in [-0.1, -0.05) is 18.2 Å². The third-order valence-corrected chi connectivity index (χ3v) is 5.65. The molecule has 7 heteroatoms. The Hall–Kier alpha value is -4.00. The fourth-order valence-corrected chi connectivity index (χ4v) is 4.18. The number of benzene rings is 1. The number of carbonyl (C=O) groups is 1. The molecular formula is C24H22N6O. The first-order valence-electron chi connectivity index (χ1n) is 10.2. The molecule has 4 aromatic rings. The number of hydrogen-bond acceptors (Lipinski definition) is 5. The Kier molecular flexibility index (Phi) is 4.71. The van der Waals surface area contributed by atoms with Crippen molar-refractivity contribution in [2.45, 2.75) is 20.4 Å². The molecule has 7 nitrogen and oxygen atoms in total. The van der Waals surface area contributed by atoms with Crippen molar-refractivity contribution in [2.75, 3.05) is 11.9 Å². The van der Waals surface area contributed by atoms with Crippen LogP contribution in [0.1, 0.15) is 21.7 Å². The second-order valence-corrected chi connectivity index (χ2v) is 7.55. The zero-order valence-electron chi connectivity index (χ0n) is 17.4. The van der Waals surface area contributed by atoms with E-state index in [9.17, 15) is 4.79 Å². The number of carbonyl (C=O) groups excluding carboxylic acids is 1. The average molecular weight is 410 g/mol. The van der Waals surface area contributed by atoms with Gasteiger partial charge in [-0.25, -0.2) is 9.97 Å². The molecule has 154 valence electrons. The first kappa shape index (κ1) is 19.0. The van der Waals surface area contributed by atoms with Crippen molar-refractivity contribution >= 4 is 17.5 Å². The van der Waals surface area contributed by atoms with Crippen LogP contribution < -0.4 is 10.6 Å². The smallest absolute Gasteiger partial charge is 0.268 e. The normalized spacial score (nSPS) is 12.9. The van der Waals surface area contributed by atoms with Crippen molar-refractivity contribution in [3.8, 4) is 22.4 Å². The summed E-state index contributed by atoms with van der Waals surface area (Å²) in [4.78, 5) is 25.6. The van der Waals surface area contributed by atoms with Crippen molar-refractivity contribution in [1.29, 1.82) is 0 Å². The predicted molar refractivity (Wildman–Crippen MR) is 120 cm³/mol. The van der Waals surface area contributed by atoms with Crippen molar-refractivity contribution < 1.29 is 4.79 Å². The van der Waals surface area contributed by atoms with Crippen molar-refractivity contribution in [3.63, 3.8) is 0 Å². The summed E-state index contributed by atoms with van der Waals surface area (Å²) in [5.74, 6) is 0.485. The van der Waals surface area contributed by atoms with E-state index in [1.165, 1.54) is 0 Å². The maximum atomic E-state index is 12.4. The Bertz CT molecular complexity index is 1260. The number of nitrogens with one attached hydrogen (secondary N) is 2. The lowest BCUT2D eigenvalue weighted by Crippen LogP contribution is -2.35. The molecule has 3 aromatic heterocycles. The van der Waals surface area contributed by atoms with E-state index in [2.05, 4.69) is 25.2 Å². The predicted octanol–water partition coefficient (Wildman–Crippen LogP) is 4.11. The number of anilines is 2. The third kappa shape index (κ3) is 3.44. The van der Waals surface area contributed by atoms with Gasteiger partial charge in [0.05, 0.1) is 5.69 Å². The van der Waals surface area contributed by atoms with Gasteiger partial charge >= 0.3 is 0 Å². The van der Waals surface area contributed by atoms with Crippen LogP contribution in [0.4, 0.5) is 11.6 Å². The summed E-state index contributed by atoms with van der Waals surface area (Å²) < 4.78 is 2.08. The van der Waals surface area contributed by atoms with Gasteiger partial charge in [-0.3, -0.25) is 9.78 Å². The first-order valence-corrected chi connectivity index (χ1v) is 10.2. The first-order chi connectivity index (χ1) is 15.1. The third-order valence-electron chi connectivity index (χ3n) is 5.65. The van der Waals surface area contributed by atoms with Gasteiger partial charge in [0, 0.05) is 48.6 Å². The number of fused-ring (bicyclic) bond motifs is 1. The Morgan fingerprint density at radius 1 is 1.03 bits per heavy atom. The van der Waals surface area contributed by atoms with Gasteiger partial charge < -0.3 is 15.2 Å². The van der Waals surface area contributed by atoms with Crippen LogP contribution in [0, 0.1) is 13.8 Å². The number of pyridine rings is 1. The van der Waals surface area contributed by atoms with E-state index in [4.69, 9.17) is 4.98 Å². The second-order valence-electron chi connectivity index (χ2n) is 7.55. The van der Waals surface area contributed by atoms with Crippen LogP contribution in [0.5, 0.6) is 0 Å². The summed E-state index contributed by atoms with van der Waals surface area (Å²) in [5.41, 5.74) is 7.57. The highest BCUT2D eigenvalue weighted by molar-refractivity contribution is 5.97. The molecule has 0 unspecified atom stereocenters. The Balaban J connectivity index is 1.44. The van der Waals surface area contributed by atoms with Crippen molar-refractivity contribution in [3.05, 3.63) is 78.0 Å². The molecule has 4 heterocycles. The maximum absolute atomic E-state index is 12.4. The standard InChI is InChI=1S/C24H22N6O/c1-15-21(16(2)30-13-12-26-23(31)22(15)30)20-9-11-27-24(29-20)28-19-7-5-17(6-8-19)18-4-3-10-25-14-18/h3-11,14H,12-13H2,1-2H3,(H,26,31)(H,27,28,29). The minimum absolute atomic E-state index is 0.0285. The lowest BCUT2D eigenvalue weighted by Gasteiger charge is -2.17. The van der Waals surface area contributed by atoms with E-state index in [1.807, 2.05) is 62.5 Å². The molecule has 31 heavy (non-hydrogen) atoms. The summed E-state index contributed by atoms with van der Waals surface area (Å²) in [7, 11) is 0. The van der Waals surface area contributed by atoms with Crippen molar-refractivity contribution in [2.24, 2.45) is 0 Å². The maximum Gasteiger partial charge on any atom is 0.268 e. The SMILES string of the molecule is Cc1c(-c2ccnc(Nc3ccc(-c4cccnc4)cc3)n2)c(C)n2c1C(=O)NCC2. The topological polar surface area (TPSA) is 84.7 Å². The highest BCUT2D eigenvalue weighted by Gasteiger charge is 2.26. The molecular weight excluding hydrogens is 388 g/mol. The van der Waals surface area contributed by atoms with Crippen LogP contribution in [0.15, 0.2) is 61.1 Å². The van der Waals surface area contributed by atoms with Gasteiger partial charge in [0.1, 0.15) is 5.69 Å². The van der Waals surface area contributed by atoms with Gasteiger partial charge in [-0.2, -0.15) is 0 Å². The zero-order chi connectivity index (χ0) is 21.4. The lowest BCUT2D eigenvalue weighted by atomic mass is 10.1. The molecule has 1 aromatic carbocycles. The minimum Gasteiger partial charge on any atom is -0.349 e. The van der Waals surface area contributed by atoms with Crippen LogP contribution in [0.3, 0.4) is 0 Å². The van der Waals surface area contributed by atoms with Gasteiger partial charge in [0.25, 0.3) is 5.91 Å². The minimum atomic E-state index is -0.0285. The van der Waals surface area contributed by atoms with E-state index in [-0.39, 0.29) is 5.91 Å². The summed E-state index contributed by atoms with van der Waals surface area (Å²) in [6.07, 6.45) is 5.35.